The molecular weight excluding hydrogens is 290 g/mol. The molecule has 0 spiro atoms. The van der Waals surface area contributed by atoms with Gasteiger partial charge in [0.2, 0.25) is 0 Å². The van der Waals surface area contributed by atoms with Crippen LogP contribution in [0.5, 0.6) is 0 Å². The molecule has 0 saturated carbocycles. The van der Waals surface area contributed by atoms with Crippen molar-refractivity contribution in [2.24, 2.45) is 5.92 Å². The Labute approximate surface area is 126 Å². The lowest BCUT2D eigenvalue weighted by molar-refractivity contribution is 0.154. The minimum atomic E-state index is -2.79. The molecule has 0 aromatic carbocycles. The average molecular weight is 313 g/mol. The van der Waals surface area contributed by atoms with E-state index < -0.39 is 9.84 Å². The van der Waals surface area contributed by atoms with Crippen LogP contribution in [0.1, 0.15) is 36.8 Å². The molecule has 2 saturated heterocycles. The van der Waals surface area contributed by atoms with E-state index in [0.717, 1.165) is 43.9 Å². The first-order valence-electron chi connectivity index (χ1n) is 7.59. The van der Waals surface area contributed by atoms with Crippen molar-refractivity contribution in [3.8, 4) is 0 Å². The highest BCUT2D eigenvalue weighted by atomic mass is 32.2. The van der Waals surface area contributed by atoms with Crippen LogP contribution in [0.25, 0.3) is 0 Å². The number of furan rings is 1. The molecule has 3 rings (SSSR count). The molecule has 0 bridgehead atoms. The second-order valence-electron chi connectivity index (χ2n) is 6.16. The van der Waals surface area contributed by atoms with Gasteiger partial charge in [-0.2, -0.15) is 0 Å². The van der Waals surface area contributed by atoms with Gasteiger partial charge in [-0.25, -0.2) is 8.42 Å². The number of sulfone groups is 1. The molecule has 5 nitrogen and oxygen atoms in total. The zero-order valence-electron chi connectivity index (χ0n) is 12.5. The molecule has 2 fully saturated rings. The van der Waals surface area contributed by atoms with Gasteiger partial charge in [-0.05, 0) is 43.9 Å². The summed E-state index contributed by atoms with van der Waals surface area (Å²) in [4.78, 5) is 2.39. The molecule has 3 heterocycles. The summed E-state index contributed by atoms with van der Waals surface area (Å²) in [6, 6.07) is 4.29. The first-order chi connectivity index (χ1) is 10.1. The van der Waals surface area contributed by atoms with Crippen LogP contribution < -0.4 is 0 Å². The van der Waals surface area contributed by atoms with Gasteiger partial charge in [0.25, 0.3) is 0 Å². The number of methoxy groups -OCH3 is 1. The predicted octanol–water partition coefficient (Wildman–Crippen LogP) is 2.00. The highest BCUT2D eigenvalue weighted by Crippen LogP contribution is 2.34. The largest absolute Gasteiger partial charge is 0.462 e. The topological polar surface area (TPSA) is 59.8 Å². The Morgan fingerprint density at radius 1 is 1.38 bits per heavy atom. The first kappa shape index (κ1) is 15.1. The van der Waals surface area contributed by atoms with Gasteiger partial charge >= 0.3 is 0 Å². The highest BCUT2D eigenvalue weighted by molar-refractivity contribution is 7.91. The normalized spacial score (nSPS) is 29.2. The van der Waals surface area contributed by atoms with Crippen LogP contribution in [0.15, 0.2) is 16.5 Å². The van der Waals surface area contributed by atoms with E-state index in [1.807, 2.05) is 12.1 Å². The van der Waals surface area contributed by atoms with Crippen molar-refractivity contribution < 1.29 is 17.6 Å². The zero-order valence-corrected chi connectivity index (χ0v) is 13.3. The Balaban J connectivity index is 1.65. The molecule has 118 valence electrons. The second-order valence-corrected chi connectivity index (χ2v) is 8.39. The van der Waals surface area contributed by atoms with Gasteiger partial charge in [-0.3, -0.25) is 4.90 Å². The first-order valence-corrected chi connectivity index (χ1v) is 9.41. The lowest BCUT2D eigenvalue weighted by atomic mass is 10.1. The average Bonchev–Trinajstić information content (AvgIpc) is 3.11. The molecule has 0 unspecified atom stereocenters. The Hall–Kier alpha value is -0.850. The Kier molecular flexibility index (Phi) is 4.38. The van der Waals surface area contributed by atoms with Gasteiger partial charge in [0.15, 0.2) is 9.84 Å². The summed E-state index contributed by atoms with van der Waals surface area (Å²) in [7, 11) is -1.13. The summed E-state index contributed by atoms with van der Waals surface area (Å²) in [5.41, 5.74) is 0. The van der Waals surface area contributed by atoms with E-state index in [4.69, 9.17) is 9.15 Å². The molecule has 0 aliphatic carbocycles. The number of hydrogen-bond donors (Lipinski definition) is 0. The van der Waals surface area contributed by atoms with Crippen molar-refractivity contribution in [1.29, 1.82) is 0 Å². The Morgan fingerprint density at radius 2 is 2.24 bits per heavy atom. The van der Waals surface area contributed by atoms with E-state index in [-0.39, 0.29) is 5.92 Å². The third-order valence-electron chi connectivity index (χ3n) is 4.48. The van der Waals surface area contributed by atoms with Gasteiger partial charge in [-0.15, -0.1) is 0 Å². The van der Waals surface area contributed by atoms with Gasteiger partial charge in [0.05, 0.1) is 17.5 Å². The fourth-order valence-electron chi connectivity index (χ4n) is 3.51. The van der Waals surface area contributed by atoms with E-state index in [9.17, 15) is 8.42 Å². The van der Waals surface area contributed by atoms with Gasteiger partial charge < -0.3 is 9.15 Å². The number of hydrogen-bond acceptors (Lipinski definition) is 5. The fraction of sp³-hybridized carbons (Fsp3) is 0.733. The van der Waals surface area contributed by atoms with E-state index in [0.29, 0.717) is 24.2 Å². The van der Waals surface area contributed by atoms with Crippen LogP contribution in [0, 0.1) is 5.92 Å². The molecule has 1 aromatic heterocycles. The summed E-state index contributed by atoms with van der Waals surface area (Å²) in [5.74, 6) is 2.82. The van der Waals surface area contributed by atoms with Gasteiger partial charge in [0.1, 0.15) is 18.1 Å². The molecule has 0 N–H and O–H groups in total. The quantitative estimate of drug-likeness (QED) is 0.832. The van der Waals surface area contributed by atoms with Crippen molar-refractivity contribution in [3.63, 3.8) is 0 Å². The smallest absolute Gasteiger partial charge is 0.150 e. The molecule has 0 amide bonds. The van der Waals surface area contributed by atoms with Crippen LogP contribution in [-0.4, -0.2) is 45.0 Å². The van der Waals surface area contributed by atoms with E-state index in [1.165, 1.54) is 0 Å². The monoisotopic (exact) mass is 313 g/mol. The van der Waals surface area contributed by atoms with Gasteiger partial charge in [0, 0.05) is 13.7 Å². The van der Waals surface area contributed by atoms with Crippen molar-refractivity contribution in [2.45, 2.75) is 31.9 Å². The molecular formula is C15H23NO4S. The lowest BCUT2D eigenvalue weighted by Gasteiger charge is -2.25. The van der Waals surface area contributed by atoms with E-state index >= 15 is 0 Å². The van der Waals surface area contributed by atoms with Gasteiger partial charge in [-0.1, -0.05) is 0 Å². The van der Waals surface area contributed by atoms with Crippen LogP contribution in [0.2, 0.25) is 0 Å². The highest BCUT2D eigenvalue weighted by Gasteiger charge is 2.34. The van der Waals surface area contributed by atoms with Crippen molar-refractivity contribution in [3.05, 3.63) is 23.7 Å². The van der Waals surface area contributed by atoms with E-state index in [1.54, 1.807) is 7.11 Å². The number of likely N-dealkylation sites (tertiary alicyclic amines) is 1. The third-order valence-corrected chi connectivity index (χ3v) is 6.32. The predicted molar refractivity (Wildman–Crippen MR) is 79.7 cm³/mol. The Bertz CT molecular complexity index is 580. The van der Waals surface area contributed by atoms with Crippen LogP contribution in [-0.2, 0) is 21.2 Å². The maximum atomic E-state index is 11.6. The van der Waals surface area contributed by atoms with Crippen LogP contribution in [0.3, 0.4) is 0 Å². The maximum absolute atomic E-state index is 11.6. The van der Waals surface area contributed by atoms with Crippen molar-refractivity contribution in [2.75, 3.05) is 31.7 Å². The fourth-order valence-corrected chi connectivity index (χ4v) is 5.36. The summed E-state index contributed by atoms with van der Waals surface area (Å²) in [6.07, 6.45) is 3.03. The van der Waals surface area contributed by atoms with Crippen LogP contribution >= 0.6 is 0 Å². The molecule has 2 aliphatic rings. The molecule has 1 aromatic rings. The minimum absolute atomic E-state index is 0.281. The molecule has 6 heteroatoms. The maximum Gasteiger partial charge on any atom is 0.150 e. The van der Waals surface area contributed by atoms with E-state index in [2.05, 4.69) is 4.90 Å². The summed E-state index contributed by atoms with van der Waals surface area (Å²) in [6.45, 7) is 2.39. The van der Waals surface area contributed by atoms with Crippen LogP contribution in [0.4, 0.5) is 0 Å². The van der Waals surface area contributed by atoms with Crippen molar-refractivity contribution >= 4 is 9.84 Å². The van der Waals surface area contributed by atoms with Crippen molar-refractivity contribution in [1.82, 2.24) is 4.90 Å². The molecule has 2 aliphatic heterocycles. The summed E-state index contributed by atoms with van der Waals surface area (Å²) in [5, 5.41) is 0. The molecule has 0 radical (unpaired) electrons. The number of nitrogens with zero attached hydrogens (tertiary/aromatic N) is 1. The second kappa shape index (κ2) is 6.10. The number of ether oxygens (including phenoxy) is 1. The zero-order chi connectivity index (χ0) is 14.9. The number of rotatable bonds is 5. The minimum Gasteiger partial charge on any atom is -0.462 e. The third kappa shape index (κ3) is 3.49. The molecule has 2 atom stereocenters. The summed E-state index contributed by atoms with van der Waals surface area (Å²) < 4.78 is 34.1. The SMILES string of the molecule is COCc1ccc([C@@H]2CCCN2C[C@H]2CCS(=O)(=O)C2)o1. The lowest BCUT2D eigenvalue weighted by Crippen LogP contribution is -2.29. The molecule has 21 heavy (non-hydrogen) atoms. The standard InChI is InChI=1S/C15H23NO4S/c1-19-10-13-4-5-15(20-13)14-3-2-7-16(14)9-12-6-8-21(17,18)11-12/h4-5,12,14H,2-3,6-11H2,1H3/t12-,14+/m1/s1. The Morgan fingerprint density at radius 3 is 2.95 bits per heavy atom. The summed E-state index contributed by atoms with van der Waals surface area (Å²) >= 11 is 0.